The molecule has 1 aromatic heterocycles. The van der Waals surface area contributed by atoms with Crippen LogP contribution in [0.2, 0.25) is 0 Å². The number of hydrogen-bond donors (Lipinski definition) is 1. The Bertz CT molecular complexity index is 1040. The summed E-state index contributed by atoms with van der Waals surface area (Å²) in [4.78, 5) is 28.8. The number of aromatic nitrogens is 1. The maximum absolute atomic E-state index is 12.9. The standard InChI is InChI=1S/C21H19N3O3/c1-27-12-11-24-10-9-15-18(7-4-8-19(15)24)23-21(26)16-13-20(25)22-17-6-3-2-5-14(16)17/h2-10,13-14H,11-12H2,1H3,(H,23,26). The van der Waals surface area contributed by atoms with E-state index in [2.05, 4.69) is 14.9 Å². The fourth-order valence-corrected chi connectivity index (χ4v) is 3.40. The zero-order valence-electron chi connectivity index (χ0n) is 14.9. The molecule has 4 rings (SSSR count). The molecule has 1 aliphatic heterocycles. The number of ether oxygens (including phenoxy) is 1. The number of rotatable bonds is 5. The van der Waals surface area contributed by atoms with Crippen LogP contribution in [0, 0.1) is 5.92 Å². The predicted octanol–water partition coefficient (Wildman–Crippen LogP) is 2.88. The summed E-state index contributed by atoms with van der Waals surface area (Å²) in [6, 6.07) is 7.73. The van der Waals surface area contributed by atoms with Crippen LogP contribution in [-0.2, 0) is 20.9 Å². The normalized spacial score (nSPS) is 18.3. The topological polar surface area (TPSA) is 72.7 Å². The Labute approximate surface area is 156 Å². The van der Waals surface area contributed by atoms with Gasteiger partial charge in [0.05, 0.1) is 29.4 Å². The molecule has 0 radical (unpaired) electrons. The molecule has 1 aliphatic carbocycles. The summed E-state index contributed by atoms with van der Waals surface area (Å²) in [5, 5.41) is 3.90. The third-order valence-electron chi connectivity index (χ3n) is 4.71. The number of carbonyl (C=O) groups is 2. The second-order valence-corrected chi connectivity index (χ2v) is 6.39. The molecule has 0 fully saturated rings. The number of carbonyl (C=O) groups excluding carboxylic acids is 2. The van der Waals surface area contributed by atoms with Crippen LogP contribution in [0.4, 0.5) is 5.69 Å². The van der Waals surface area contributed by atoms with Gasteiger partial charge in [0.2, 0.25) is 0 Å². The molecule has 0 bridgehead atoms. The van der Waals surface area contributed by atoms with E-state index in [-0.39, 0.29) is 11.8 Å². The SMILES string of the molecule is COCCn1ccc2c(NC(=O)C3=CC(=O)N=C4C=CC=CC34)cccc21. The van der Waals surface area contributed by atoms with Crippen molar-refractivity contribution in [3.05, 3.63) is 66.4 Å². The van der Waals surface area contributed by atoms with Gasteiger partial charge in [0, 0.05) is 36.9 Å². The van der Waals surface area contributed by atoms with E-state index >= 15 is 0 Å². The lowest BCUT2D eigenvalue weighted by molar-refractivity contribution is -0.116. The predicted molar refractivity (Wildman–Crippen MR) is 105 cm³/mol. The van der Waals surface area contributed by atoms with E-state index in [1.807, 2.05) is 48.7 Å². The van der Waals surface area contributed by atoms with Crippen molar-refractivity contribution >= 4 is 34.1 Å². The molecule has 136 valence electrons. The van der Waals surface area contributed by atoms with Crippen LogP contribution in [0.25, 0.3) is 10.9 Å². The van der Waals surface area contributed by atoms with Gasteiger partial charge in [0.15, 0.2) is 0 Å². The Morgan fingerprint density at radius 2 is 2.19 bits per heavy atom. The first-order chi connectivity index (χ1) is 13.2. The summed E-state index contributed by atoms with van der Waals surface area (Å²) in [5.41, 5.74) is 2.73. The number of dihydropyridines is 1. The van der Waals surface area contributed by atoms with Gasteiger partial charge in [-0.05, 0) is 24.3 Å². The van der Waals surface area contributed by atoms with Gasteiger partial charge in [-0.15, -0.1) is 0 Å². The molecular weight excluding hydrogens is 342 g/mol. The first kappa shape index (κ1) is 17.2. The Hall–Kier alpha value is -3.25. The molecule has 1 N–H and O–H groups in total. The van der Waals surface area contributed by atoms with Gasteiger partial charge >= 0.3 is 0 Å². The van der Waals surface area contributed by atoms with Crippen molar-refractivity contribution in [1.82, 2.24) is 4.57 Å². The van der Waals surface area contributed by atoms with E-state index in [9.17, 15) is 9.59 Å². The molecule has 2 aliphatic rings. The van der Waals surface area contributed by atoms with Crippen LogP contribution >= 0.6 is 0 Å². The Kier molecular flexibility index (Phi) is 4.56. The zero-order chi connectivity index (χ0) is 18.8. The smallest absolute Gasteiger partial charge is 0.270 e. The third-order valence-corrected chi connectivity index (χ3v) is 4.71. The molecule has 2 amide bonds. The minimum Gasteiger partial charge on any atom is -0.383 e. The number of allylic oxidation sites excluding steroid dienone is 4. The van der Waals surface area contributed by atoms with Crippen LogP contribution in [0.5, 0.6) is 0 Å². The summed E-state index contributed by atoms with van der Waals surface area (Å²) in [5.74, 6) is -0.994. The molecule has 1 unspecified atom stereocenters. The minimum atomic E-state index is -0.407. The highest BCUT2D eigenvalue weighted by Gasteiger charge is 2.28. The van der Waals surface area contributed by atoms with Crippen LogP contribution in [0.3, 0.4) is 0 Å². The summed E-state index contributed by atoms with van der Waals surface area (Å²) in [7, 11) is 1.67. The first-order valence-corrected chi connectivity index (χ1v) is 8.74. The molecule has 6 nitrogen and oxygen atoms in total. The van der Waals surface area contributed by atoms with E-state index in [1.54, 1.807) is 13.2 Å². The van der Waals surface area contributed by atoms with Gasteiger partial charge < -0.3 is 14.6 Å². The fourth-order valence-electron chi connectivity index (χ4n) is 3.40. The van der Waals surface area contributed by atoms with E-state index in [1.165, 1.54) is 6.08 Å². The molecule has 1 aromatic carbocycles. The van der Waals surface area contributed by atoms with Crippen molar-refractivity contribution in [3.63, 3.8) is 0 Å². The molecule has 1 atom stereocenters. The van der Waals surface area contributed by atoms with Gasteiger partial charge in [-0.3, -0.25) is 9.59 Å². The molecular formula is C21H19N3O3. The van der Waals surface area contributed by atoms with Crippen LogP contribution in [-0.4, -0.2) is 35.8 Å². The highest BCUT2D eigenvalue weighted by molar-refractivity contribution is 6.21. The van der Waals surface area contributed by atoms with E-state index in [0.29, 0.717) is 23.6 Å². The maximum Gasteiger partial charge on any atom is 0.270 e. The lowest BCUT2D eigenvalue weighted by Gasteiger charge is -2.21. The Morgan fingerprint density at radius 1 is 1.30 bits per heavy atom. The zero-order valence-corrected chi connectivity index (χ0v) is 14.9. The highest BCUT2D eigenvalue weighted by atomic mass is 16.5. The highest BCUT2D eigenvalue weighted by Crippen LogP contribution is 2.28. The second-order valence-electron chi connectivity index (χ2n) is 6.39. The molecule has 2 aromatic rings. The first-order valence-electron chi connectivity index (χ1n) is 8.74. The number of fused-ring (bicyclic) bond motifs is 2. The lowest BCUT2D eigenvalue weighted by Crippen LogP contribution is -2.28. The fraction of sp³-hybridized carbons (Fsp3) is 0.190. The number of methoxy groups -OCH3 is 1. The monoisotopic (exact) mass is 361 g/mol. The quantitative estimate of drug-likeness (QED) is 0.890. The summed E-state index contributed by atoms with van der Waals surface area (Å²) in [6.07, 6.45) is 10.6. The van der Waals surface area contributed by atoms with Gasteiger partial charge in [-0.1, -0.05) is 24.3 Å². The Balaban J connectivity index is 1.62. The molecule has 0 saturated heterocycles. The van der Waals surface area contributed by atoms with Crippen molar-refractivity contribution in [1.29, 1.82) is 0 Å². The van der Waals surface area contributed by atoms with E-state index in [0.717, 1.165) is 17.4 Å². The van der Waals surface area contributed by atoms with Crippen LogP contribution in [0.1, 0.15) is 0 Å². The van der Waals surface area contributed by atoms with Gasteiger partial charge in [-0.25, -0.2) is 4.99 Å². The molecule has 0 spiro atoms. The lowest BCUT2D eigenvalue weighted by atomic mass is 9.87. The van der Waals surface area contributed by atoms with Gasteiger partial charge in [0.25, 0.3) is 11.8 Å². The number of nitrogens with one attached hydrogen (secondary N) is 1. The number of anilines is 1. The average Bonchev–Trinajstić information content (AvgIpc) is 3.09. The Morgan fingerprint density at radius 3 is 3.04 bits per heavy atom. The third kappa shape index (κ3) is 3.27. The minimum absolute atomic E-state index is 0.293. The molecule has 2 heterocycles. The van der Waals surface area contributed by atoms with E-state index in [4.69, 9.17) is 4.74 Å². The van der Waals surface area contributed by atoms with Crippen LogP contribution in [0.15, 0.2) is 71.4 Å². The average molecular weight is 361 g/mol. The van der Waals surface area contributed by atoms with Crippen molar-refractivity contribution < 1.29 is 14.3 Å². The second kappa shape index (κ2) is 7.17. The van der Waals surface area contributed by atoms with Gasteiger partial charge in [0.1, 0.15) is 0 Å². The largest absolute Gasteiger partial charge is 0.383 e. The van der Waals surface area contributed by atoms with Crippen molar-refractivity contribution in [3.8, 4) is 0 Å². The molecule has 6 heteroatoms. The van der Waals surface area contributed by atoms with E-state index < -0.39 is 5.91 Å². The van der Waals surface area contributed by atoms with Crippen molar-refractivity contribution in [2.45, 2.75) is 6.54 Å². The number of benzene rings is 1. The van der Waals surface area contributed by atoms with Gasteiger partial charge in [-0.2, -0.15) is 0 Å². The number of hydrogen-bond acceptors (Lipinski definition) is 3. The summed E-state index contributed by atoms with van der Waals surface area (Å²) < 4.78 is 7.23. The summed E-state index contributed by atoms with van der Waals surface area (Å²) in [6.45, 7) is 1.34. The number of amides is 2. The van der Waals surface area contributed by atoms with Crippen molar-refractivity contribution in [2.24, 2.45) is 10.9 Å². The molecule has 0 saturated carbocycles. The maximum atomic E-state index is 12.9. The summed E-state index contributed by atoms with van der Waals surface area (Å²) >= 11 is 0. The number of aliphatic imine (C=N–C) groups is 1. The molecule has 27 heavy (non-hydrogen) atoms. The van der Waals surface area contributed by atoms with Crippen molar-refractivity contribution in [2.75, 3.05) is 19.0 Å². The number of nitrogens with zero attached hydrogens (tertiary/aromatic N) is 2. The van der Waals surface area contributed by atoms with Crippen LogP contribution < -0.4 is 5.32 Å².